The highest BCUT2D eigenvalue weighted by molar-refractivity contribution is 7.22. The Kier molecular flexibility index (Phi) is 5.81. The summed E-state index contributed by atoms with van der Waals surface area (Å²) in [5.41, 5.74) is 3.77. The van der Waals surface area contributed by atoms with Crippen LogP contribution in [-0.4, -0.2) is 29.3 Å². The topological polar surface area (TPSA) is 91.4 Å². The molecule has 0 saturated carbocycles. The van der Waals surface area contributed by atoms with Gasteiger partial charge in [-0.2, -0.15) is 0 Å². The van der Waals surface area contributed by atoms with Gasteiger partial charge in [0.05, 0.1) is 16.1 Å². The molecule has 5 rings (SSSR count). The molecule has 0 spiro atoms. The van der Waals surface area contributed by atoms with Crippen LogP contribution in [-0.2, 0) is 9.59 Å². The number of rotatable bonds is 5. The van der Waals surface area contributed by atoms with Crippen LogP contribution in [0.4, 0.5) is 16.5 Å². The van der Waals surface area contributed by atoms with Gasteiger partial charge in [0.25, 0.3) is 5.91 Å². The summed E-state index contributed by atoms with van der Waals surface area (Å²) >= 11 is 1.43. The molecule has 1 aromatic heterocycles. The summed E-state index contributed by atoms with van der Waals surface area (Å²) in [5.74, 6) is -0.982. The smallest absolute Gasteiger partial charge is 0.257 e. The van der Waals surface area contributed by atoms with Crippen molar-refractivity contribution in [3.63, 3.8) is 0 Å². The molecule has 1 atom stereocenters. The lowest BCUT2D eigenvalue weighted by Gasteiger charge is -2.16. The van der Waals surface area contributed by atoms with E-state index >= 15 is 0 Å². The zero-order chi connectivity index (χ0) is 23.7. The van der Waals surface area contributed by atoms with Crippen LogP contribution < -0.4 is 15.5 Å². The summed E-state index contributed by atoms with van der Waals surface area (Å²) in [6, 6.07) is 21.9. The Morgan fingerprint density at radius 2 is 1.74 bits per heavy atom. The number of carbonyl (C=O) groups excluding carboxylic acids is 3. The second-order valence-electron chi connectivity index (χ2n) is 8.20. The van der Waals surface area contributed by atoms with Crippen molar-refractivity contribution in [1.29, 1.82) is 0 Å². The number of thiazole rings is 1. The predicted molar refractivity (Wildman–Crippen MR) is 134 cm³/mol. The van der Waals surface area contributed by atoms with E-state index in [4.69, 9.17) is 0 Å². The van der Waals surface area contributed by atoms with Crippen molar-refractivity contribution in [2.45, 2.75) is 13.3 Å². The van der Waals surface area contributed by atoms with Gasteiger partial charge in [0, 0.05) is 29.9 Å². The van der Waals surface area contributed by atoms with Gasteiger partial charge < -0.3 is 10.2 Å². The molecular weight excluding hydrogens is 448 g/mol. The van der Waals surface area contributed by atoms with Gasteiger partial charge in [0.15, 0.2) is 5.13 Å². The largest absolute Gasteiger partial charge is 0.326 e. The molecule has 7 nitrogen and oxygen atoms in total. The lowest BCUT2D eigenvalue weighted by atomic mass is 10.1. The fourth-order valence-corrected chi connectivity index (χ4v) is 4.94. The normalized spacial score (nSPS) is 15.5. The molecule has 3 amide bonds. The van der Waals surface area contributed by atoms with E-state index in [0.717, 1.165) is 21.5 Å². The van der Waals surface area contributed by atoms with Crippen molar-refractivity contribution < 1.29 is 14.4 Å². The quantitative estimate of drug-likeness (QED) is 0.436. The second-order valence-corrected chi connectivity index (χ2v) is 9.23. The van der Waals surface area contributed by atoms with Crippen LogP contribution in [0.15, 0.2) is 72.8 Å². The predicted octanol–water partition coefficient (Wildman–Crippen LogP) is 4.85. The monoisotopic (exact) mass is 470 g/mol. The Morgan fingerprint density at radius 1 is 0.971 bits per heavy atom. The number of nitrogens with one attached hydrogen (secondary N) is 2. The van der Waals surface area contributed by atoms with Crippen molar-refractivity contribution in [2.75, 3.05) is 22.1 Å². The molecule has 2 heterocycles. The minimum Gasteiger partial charge on any atom is -0.326 e. The van der Waals surface area contributed by atoms with Crippen LogP contribution in [0.1, 0.15) is 22.3 Å². The number of aromatic nitrogens is 1. The van der Waals surface area contributed by atoms with Crippen LogP contribution in [0.25, 0.3) is 10.2 Å². The van der Waals surface area contributed by atoms with E-state index in [-0.39, 0.29) is 24.1 Å². The molecule has 3 aromatic carbocycles. The number of fused-ring (bicyclic) bond motifs is 1. The van der Waals surface area contributed by atoms with Crippen LogP contribution in [0.3, 0.4) is 0 Å². The SMILES string of the molecule is Cc1cccc2sc(NC(=O)c3ccc(NC(=O)C4CC(=O)N(c5ccccc5)C4)cc3)nc12. The minimum absolute atomic E-state index is 0.0663. The number of benzene rings is 3. The number of anilines is 3. The highest BCUT2D eigenvalue weighted by Gasteiger charge is 2.35. The molecule has 0 bridgehead atoms. The average Bonchev–Trinajstić information content (AvgIpc) is 3.44. The molecule has 1 fully saturated rings. The number of hydrogen-bond acceptors (Lipinski definition) is 5. The fraction of sp³-hybridized carbons (Fsp3) is 0.154. The number of hydrogen-bond donors (Lipinski definition) is 2. The summed E-state index contributed by atoms with van der Waals surface area (Å²) in [6.07, 6.45) is 0.170. The summed E-state index contributed by atoms with van der Waals surface area (Å²) in [5, 5.41) is 6.24. The summed E-state index contributed by atoms with van der Waals surface area (Å²) in [7, 11) is 0. The number of para-hydroxylation sites is 2. The second kappa shape index (κ2) is 9.07. The first-order valence-corrected chi connectivity index (χ1v) is 11.7. The van der Waals surface area contributed by atoms with Gasteiger partial charge in [0.1, 0.15) is 0 Å². The minimum atomic E-state index is -0.432. The third-order valence-corrected chi connectivity index (χ3v) is 6.76. The maximum Gasteiger partial charge on any atom is 0.257 e. The van der Waals surface area contributed by atoms with Gasteiger partial charge in [-0.25, -0.2) is 4.98 Å². The molecule has 1 aliphatic rings. The molecule has 0 aliphatic carbocycles. The van der Waals surface area contributed by atoms with Crippen molar-refractivity contribution in [3.05, 3.63) is 83.9 Å². The van der Waals surface area contributed by atoms with E-state index < -0.39 is 5.92 Å². The van der Waals surface area contributed by atoms with E-state index in [1.165, 1.54) is 11.3 Å². The average molecular weight is 471 g/mol. The van der Waals surface area contributed by atoms with Crippen LogP contribution in [0, 0.1) is 12.8 Å². The zero-order valence-corrected chi connectivity index (χ0v) is 19.3. The number of amides is 3. The maximum absolute atomic E-state index is 12.7. The Bertz CT molecular complexity index is 1380. The highest BCUT2D eigenvalue weighted by atomic mass is 32.1. The first kappa shape index (κ1) is 21.8. The third kappa shape index (κ3) is 4.40. The van der Waals surface area contributed by atoms with E-state index in [0.29, 0.717) is 22.9 Å². The van der Waals surface area contributed by atoms with Gasteiger partial charge >= 0.3 is 0 Å². The molecule has 2 N–H and O–H groups in total. The Morgan fingerprint density at radius 3 is 2.47 bits per heavy atom. The summed E-state index contributed by atoms with van der Waals surface area (Å²) in [6.45, 7) is 2.33. The lowest BCUT2D eigenvalue weighted by Crippen LogP contribution is -2.28. The number of nitrogens with zero attached hydrogens (tertiary/aromatic N) is 2. The Balaban J connectivity index is 1.21. The molecule has 1 saturated heterocycles. The first-order chi connectivity index (χ1) is 16.5. The molecule has 0 radical (unpaired) electrons. The van der Waals surface area contributed by atoms with Crippen LogP contribution in [0.5, 0.6) is 0 Å². The van der Waals surface area contributed by atoms with E-state index in [9.17, 15) is 14.4 Å². The molecule has 170 valence electrons. The molecular formula is C26H22N4O3S. The highest BCUT2D eigenvalue weighted by Crippen LogP contribution is 2.29. The Labute approximate surface area is 200 Å². The number of aryl methyl sites for hydroxylation is 1. The van der Waals surface area contributed by atoms with Gasteiger partial charge in [-0.3, -0.25) is 19.7 Å². The molecule has 1 unspecified atom stereocenters. The summed E-state index contributed by atoms with van der Waals surface area (Å²) < 4.78 is 1.02. The van der Waals surface area contributed by atoms with Gasteiger partial charge in [0.2, 0.25) is 11.8 Å². The first-order valence-electron chi connectivity index (χ1n) is 10.9. The molecule has 4 aromatic rings. The van der Waals surface area contributed by atoms with Gasteiger partial charge in [-0.15, -0.1) is 0 Å². The Hall–Kier alpha value is -4.04. The van der Waals surface area contributed by atoms with E-state index in [1.54, 1.807) is 29.2 Å². The fourth-order valence-electron chi connectivity index (χ4n) is 4.00. The maximum atomic E-state index is 12.7. The van der Waals surface area contributed by atoms with Gasteiger partial charge in [-0.05, 0) is 55.0 Å². The lowest BCUT2D eigenvalue weighted by molar-refractivity contribution is -0.122. The van der Waals surface area contributed by atoms with Crippen molar-refractivity contribution in [3.8, 4) is 0 Å². The van der Waals surface area contributed by atoms with Crippen molar-refractivity contribution in [2.24, 2.45) is 5.92 Å². The molecule has 1 aliphatic heterocycles. The van der Waals surface area contributed by atoms with Gasteiger partial charge in [-0.1, -0.05) is 41.7 Å². The standard InChI is InChI=1S/C26H22N4O3S/c1-16-6-5-9-21-23(16)28-26(34-21)29-24(32)17-10-12-19(13-11-17)27-25(33)18-14-22(31)30(15-18)20-7-3-2-4-8-20/h2-13,18H,14-15H2,1H3,(H,27,33)(H,28,29,32). The van der Waals surface area contributed by atoms with Crippen molar-refractivity contribution >= 4 is 55.8 Å². The van der Waals surface area contributed by atoms with Crippen LogP contribution in [0.2, 0.25) is 0 Å². The molecule has 8 heteroatoms. The van der Waals surface area contributed by atoms with E-state index in [1.807, 2.05) is 55.5 Å². The summed E-state index contributed by atoms with van der Waals surface area (Å²) in [4.78, 5) is 43.9. The van der Waals surface area contributed by atoms with Crippen LogP contribution >= 0.6 is 11.3 Å². The third-order valence-electron chi connectivity index (χ3n) is 5.82. The number of carbonyl (C=O) groups is 3. The van der Waals surface area contributed by atoms with E-state index in [2.05, 4.69) is 15.6 Å². The van der Waals surface area contributed by atoms with Crippen molar-refractivity contribution in [1.82, 2.24) is 4.98 Å². The molecule has 34 heavy (non-hydrogen) atoms. The zero-order valence-electron chi connectivity index (χ0n) is 18.4.